The molecule has 3 nitrogen and oxygen atoms in total. The Morgan fingerprint density at radius 3 is 3.00 bits per heavy atom. The van der Waals surface area contributed by atoms with E-state index in [0.717, 1.165) is 18.2 Å². The van der Waals surface area contributed by atoms with E-state index < -0.39 is 11.6 Å². The second-order valence-electron chi connectivity index (χ2n) is 4.72. The van der Waals surface area contributed by atoms with E-state index in [-0.39, 0.29) is 12.1 Å². The van der Waals surface area contributed by atoms with E-state index in [0.29, 0.717) is 18.7 Å². The normalized spacial score (nSPS) is 22.3. The van der Waals surface area contributed by atoms with E-state index in [1.54, 1.807) is 22.9 Å². The molecule has 3 rings (SSSR count). The molecule has 0 bridgehead atoms. The maximum absolute atomic E-state index is 13.3. The van der Waals surface area contributed by atoms with Crippen molar-refractivity contribution in [1.29, 1.82) is 0 Å². The van der Waals surface area contributed by atoms with Gasteiger partial charge in [-0.05, 0) is 24.1 Å². The van der Waals surface area contributed by atoms with E-state index in [2.05, 4.69) is 10.3 Å². The number of halogens is 2. The van der Waals surface area contributed by atoms with Crippen molar-refractivity contribution >= 4 is 11.3 Å². The Bertz CT molecular complexity index is 577. The lowest BCUT2D eigenvalue weighted by molar-refractivity contribution is 0.0980. The first kappa shape index (κ1) is 13.6. The van der Waals surface area contributed by atoms with Gasteiger partial charge in [0.15, 0.2) is 11.6 Å². The number of thiazole rings is 1. The van der Waals surface area contributed by atoms with Gasteiger partial charge < -0.3 is 10.1 Å². The van der Waals surface area contributed by atoms with Gasteiger partial charge in [-0.25, -0.2) is 13.8 Å². The quantitative estimate of drug-likeness (QED) is 0.941. The van der Waals surface area contributed by atoms with Gasteiger partial charge in [0.25, 0.3) is 0 Å². The predicted molar refractivity (Wildman–Crippen MR) is 72.4 cm³/mol. The summed E-state index contributed by atoms with van der Waals surface area (Å²) in [5, 5.41) is 5.35. The molecule has 1 saturated heterocycles. The standard InChI is InChI=1S/C14H14F2N2OS/c15-11-2-1-9(5-12(11)16)14-13(3-4-19-14)17-6-10-7-20-8-18-10/h1-2,5,7-8,13-14,17H,3-4,6H2/t13-,14-/m0/s1. The number of benzene rings is 1. The van der Waals surface area contributed by atoms with Crippen LogP contribution in [0.2, 0.25) is 0 Å². The summed E-state index contributed by atoms with van der Waals surface area (Å²) in [5.41, 5.74) is 3.43. The lowest BCUT2D eigenvalue weighted by Crippen LogP contribution is -2.31. The van der Waals surface area contributed by atoms with Crippen LogP contribution in [0.3, 0.4) is 0 Å². The van der Waals surface area contributed by atoms with Crippen molar-refractivity contribution in [3.05, 3.63) is 52.0 Å². The Balaban J connectivity index is 1.69. The molecule has 1 aromatic carbocycles. The minimum absolute atomic E-state index is 0.0848. The first-order valence-corrected chi connectivity index (χ1v) is 7.35. The highest BCUT2D eigenvalue weighted by Gasteiger charge is 2.29. The zero-order valence-corrected chi connectivity index (χ0v) is 11.5. The Labute approximate surface area is 119 Å². The molecule has 1 aromatic heterocycles. The fraction of sp³-hybridized carbons (Fsp3) is 0.357. The van der Waals surface area contributed by atoms with Crippen LogP contribution in [0.1, 0.15) is 23.8 Å². The molecule has 1 N–H and O–H groups in total. The number of rotatable bonds is 4. The van der Waals surface area contributed by atoms with Gasteiger partial charge in [-0.1, -0.05) is 6.07 Å². The van der Waals surface area contributed by atoms with Gasteiger partial charge >= 0.3 is 0 Å². The van der Waals surface area contributed by atoms with Crippen LogP contribution in [0.15, 0.2) is 29.1 Å². The fourth-order valence-corrected chi connectivity index (χ4v) is 2.94. The van der Waals surface area contributed by atoms with Crippen LogP contribution in [0.4, 0.5) is 8.78 Å². The van der Waals surface area contributed by atoms with Crippen molar-refractivity contribution in [2.24, 2.45) is 0 Å². The number of hydrogen-bond donors (Lipinski definition) is 1. The summed E-state index contributed by atoms with van der Waals surface area (Å²) in [4.78, 5) is 4.21. The first-order valence-electron chi connectivity index (χ1n) is 6.41. The molecular formula is C14H14F2N2OS. The highest BCUT2D eigenvalue weighted by Crippen LogP contribution is 2.30. The van der Waals surface area contributed by atoms with Crippen molar-refractivity contribution < 1.29 is 13.5 Å². The SMILES string of the molecule is Fc1ccc([C@@H]2OCC[C@@H]2NCc2cscn2)cc1F. The van der Waals surface area contributed by atoms with Crippen molar-refractivity contribution in [2.75, 3.05) is 6.61 Å². The molecule has 1 fully saturated rings. The molecule has 106 valence electrons. The average molecular weight is 296 g/mol. The molecule has 20 heavy (non-hydrogen) atoms. The molecule has 2 atom stereocenters. The van der Waals surface area contributed by atoms with Crippen molar-refractivity contribution in [1.82, 2.24) is 10.3 Å². The lowest BCUT2D eigenvalue weighted by atomic mass is 10.0. The summed E-state index contributed by atoms with van der Waals surface area (Å²) in [5.74, 6) is -1.67. The summed E-state index contributed by atoms with van der Waals surface area (Å²) in [6.45, 7) is 1.26. The molecule has 0 radical (unpaired) electrons. The lowest BCUT2D eigenvalue weighted by Gasteiger charge is -2.20. The van der Waals surface area contributed by atoms with Gasteiger partial charge in [-0.15, -0.1) is 11.3 Å². The Morgan fingerprint density at radius 2 is 2.25 bits per heavy atom. The molecule has 0 aliphatic carbocycles. The van der Waals surface area contributed by atoms with Gasteiger partial charge in [0, 0.05) is 24.6 Å². The first-order chi connectivity index (χ1) is 9.74. The third-order valence-corrected chi connectivity index (χ3v) is 4.03. The van der Waals surface area contributed by atoms with Crippen LogP contribution in [0.25, 0.3) is 0 Å². The highest BCUT2D eigenvalue weighted by molar-refractivity contribution is 7.07. The van der Waals surface area contributed by atoms with E-state index in [4.69, 9.17) is 4.74 Å². The van der Waals surface area contributed by atoms with E-state index in [1.165, 1.54) is 6.07 Å². The second kappa shape index (κ2) is 5.95. The number of ether oxygens (including phenoxy) is 1. The number of hydrogen-bond acceptors (Lipinski definition) is 4. The van der Waals surface area contributed by atoms with Crippen LogP contribution < -0.4 is 5.32 Å². The molecule has 2 heterocycles. The van der Waals surface area contributed by atoms with E-state index in [1.807, 2.05) is 5.38 Å². The zero-order valence-electron chi connectivity index (χ0n) is 10.7. The van der Waals surface area contributed by atoms with Crippen molar-refractivity contribution in [2.45, 2.75) is 25.1 Å². The molecule has 0 spiro atoms. The van der Waals surface area contributed by atoms with Crippen molar-refractivity contribution in [3.63, 3.8) is 0 Å². The molecule has 2 aromatic rings. The van der Waals surface area contributed by atoms with Crippen LogP contribution in [0.5, 0.6) is 0 Å². The molecule has 0 unspecified atom stereocenters. The van der Waals surface area contributed by atoms with Gasteiger partial charge in [0.05, 0.1) is 17.3 Å². The van der Waals surface area contributed by atoms with Crippen molar-refractivity contribution in [3.8, 4) is 0 Å². The topological polar surface area (TPSA) is 34.1 Å². The van der Waals surface area contributed by atoms with E-state index in [9.17, 15) is 8.78 Å². The Morgan fingerprint density at radius 1 is 1.35 bits per heavy atom. The molecule has 1 aliphatic rings. The van der Waals surface area contributed by atoms with Gasteiger partial charge in [0.2, 0.25) is 0 Å². The highest BCUT2D eigenvalue weighted by atomic mass is 32.1. The molecule has 6 heteroatoms. The van der Waals surface area contributed by atoms with Gasteiger partial charge in [0.1, 0.15) is 0 Å². The summed E-state index contributed by atoms with van der Waals surface area (Å²) in [7, 11) is 0. The van der Waals surface area contributed by atoms with Crippen LogP contribution >= 0.6 is 11.3 Å². The third-order valence-electron chi connectivity index (χ3n) is 3.39. The molecule has 0 amide bonds. The largest absolute Gasteiger partial charge is 0.372 e. The third kappa shape index (κ3) is 2.87. The van der Waals surface area contributed by atoms with Crippen LogP contribution in [-0.2, 0) is 11.3 Å². The van der Waals surface area contributed by atoms with Crippen LogP contribution in [0, 0.1) is 11.6 Å². The minimum atomic E-state index is -0.837. The Kier molecular flexibility index (Phi) is 4.05. The summed E-state index contributed by atoms with van der Waals surface area (Å²) in [6, 6.07) is 4.01. The summed E-state index contributed by atoms with van der Waals surface area (Å²) in [6.07, 6.45) is 0.595. The molecular weight excluding hydrogens is 282 g/mol. The monoisotopic (exact) mass is 296 g/mol. The maximum atomic E-state index is 13.3. The molecule has 0 saturated carbocycles. The summed E-state index contributed by atoms with van der Waals surface area (Å²) < 4.78 is 31.9. The minimum Gasteiger partial charge on any atom is -0.372 e. The number of nitrogens with zero attached hydrogens (tertiary/aromatic N) is 1. The maximum Gasteiger partial charge on any atom is 0.159 e. The summed E-state index contributed by atoms with van der Waals surface area (Å²) >= 11 is 1.55. The van der Waals surface area contributed by atoms with Crippen LogP contribution in [-0.4, -0.2) is 17.6 Å². The predicted octanol–water partition coefficient (Wildman–Crippen LogP) is 3.04. The van der Waals surface area contributed by atoms with E-state index >= 15 is 0 Å². The number of aromatic nitrogens is 1. The van der Waals surface area contributed by atoms with Gasteiger partial charge in [-0.3, -0.25) is 0 Å². The number of nitrogens with one attached hydrogen (secondary N) is 1. The van der Waals surface area contributed by atoms with Gasteiger partial charge in [-0.2, -0.15) is 0 Å². The zero-order chi connectivity index (χ0) is 13.9. The Hall–Kier alpha value is -1.37. The molecule has 1 aliphatic heterocycles. The smallest absolute Gasteiger partial charge is 0.159 e. The second-order valence-corrected chi connectivity index (χ2v) is 5.44. The average Bonchev–Trinajstić information content (AvgIpc) is 3.10. The fourth-order valence-electron chi connectivity index (χ4n) is 2.38.